The lowest BCUT2D eigenvalue weighted by Crippen LogP contribution is -2.39. The van der Waals surface area contributed by atoms with Crippen molar-refractivity contribution in [3.05, 3.63) is 24.2 Å². The van der Waals surface area contributed by atoms with E-state index in [1.54, 1.807) is 17.0 Å². The van der Waals surface area contributed by atoms with Crippen LogP contribution in [0.2, 0.25) is 0 Å². The second-order valence-electron chi connectivity index (χ2n) is 6.55. The summed E-state index contributed by atoms with van der Waals surface area (Å²) in [6.45, 7) is 5.65. The number of hydrogen-bond acceptors (Lipinski definition) is 5. The Morgan fingerprint density at radius 2 is 2.30 bits per heavy atom. The number of rotatable bonds is 4. The number of carbonyl (C=O) groups excluding carboxylic acids is 2. The predicted molar refractivity (Wildman–Crippen MR) is 82.9 cm³/mol. The third kappa shape index (κ3) is 3.23. The summed E-state index contributed by atoms with van der Waals surface area (Å²) in [7, 11) is 0. The van der Waals surface area contributed by atoms with Gasteiger partial charge in [0.1, 0.15) is 5.71 Å². The molecule has 7 nitrogen and oxygen atoms in total. The van der Waals surface area contributed by atoms with Gasteiger partial charge in [-0.1, -0.05) is 19.0 Å². The molecule has 1 atom stereocenters. The normalized spacial score (nSPS) is 23.3. The first-order valence-electron chi connectivity index (χ1n) is 7.85. The Balaban J connectivity index is 1.57. The summed E-state index contributed by atoms with van der Waals surface area (Å²) < 4.78 is 5.15. The maximum atomic E-state index is 12.3. The lowest BCUT2D eigenvalue weighted by Gasteiger charge is -2.21. The Morgan fingerprint density at radius 1 is 1.48 bits per heavy atom. The molecule has 3 rings (SSSR count). The number of hydrogen-bond donors (Lipinski definition) is 1. The van der Waals surface area contributed by atoms with Gasteiger partial charge in [0.25, 0.3) is 11.8 Å². The zero-order valence-electron chi connectivity index (χ0n) is 13.4. The van der Waals surface area contributed by atoms with E-state index in [0.29, 0.717) is 49.9 Å². The van der Waals surface area contributed by atoms with Crippen molar-refractivity contribution in [1.29, 1.82) is 0 Å². The number of nitrogens with zero attached hydrogens (tertiary/aromatic N) is 2. The van der Waals surface area contributed by atoms with Gasteiger partial charge >= 0.3 is 0 Å². The highest BCUT2D eigenvalue weighted by Crippen LogP contribution is 2.34. The predicted octanol–water partition coefficient (Wildman–Crippen LogP) is 1.41. The molecule has 1 saturated heterocycles. The van der Waals surface area contributed by atoms with Crippen LogP contribution in [0.3, 0.4) is 0 Å². The van der Waals surface area contributed by atoms with Crippen LogP contribution in [-0.4, -0.2) is 47.7 Å². The zero-order chi connectivity index (χ0) is 16.4. The van der Waals surface area contributed by atoms with E-state index in [1.165, 1.54) is 6.26 Å². The molecule has 0 radical (unpaired) electrons. The van der Waals surface area contributed by atoms with Crippen molar-refractivity contribution in [1.82, 2.24) is 10.2 Å². The molecule has 1 aromatic heterocycles. The molecule has 0 bridgehead atoms. The van der Waals surface area contributed by atoms with Gasteiger partial charge in [-0.15, -0.1) is 0 Å². The minimum Gasteiger partial charge on any atom is -0.459 e. The van der Waals surface area contributed by atoms with Gasteiger partial charge in [-0.3, -0.25) is 9.59 Å². The standard InChI is InChI=1S/C16H21N3O4/c1-11(2)9-17-14(20)12-8-16(23-18-12)5-6-19(10-16)15(21)13-4-3-7-22-13/h3-4,7,11H,5-6,8-10H2,1-2H3,(H,17,20)/t16-/m0/s1. The number of amides is 2. The minimum atomic E-state index is -0.577. The Kier molecular flexibility index (Phi) is 4.11. The van der Waals surface area contributed by atoms with E-state index in [0.717, 1.165) is 0 Å². The molecular formula is C16H21N3O4. The smallest absolute Gasteiger partial charge is 0.289 e. The summed E-state index contributed by atoms with van der Waals surface area (Å²) in [4.78, 5) is 31.6. The molecule has 1 fully saturated rings. The first-order chi connectivity index (χ1) is 11.0. The van der Waals surface area contributed by atoms with Crippen LogP contribution in [-0.2, 0) is 9.63 Å². The molecule has 1 spiro atoms. The lowest BCUT2D eigenvalue weighted by molar-refractivity contribution is -0.115. The SMILES string of the molecule is CC(C)CNC(=O)C1=NO[C@@]2(CCN(C(=O)c3ccco3)C2)C1. The topological polar surface area (TPSA) is 84.1 Å². The van der Waals surface area contributed by atoms with Gasteiger partial charge in [0.15, 0.2) is 11.4 Å². The van der Waals surface area contributed by atoms with E-state index >= 15 is 0 Å². The zero-order valence-corrected chi connectivity index (χ0v) is 13.4. The van der Waals surface area contributed by atoms with Gasteiger partial charge in [-0.2, -0.15) is 0 Å². The monoisotopic (exact) mass is 319 g/mol. The highest BCUT2D eigenvalue weighted by atomic mass is 16.7. The number of oxime groups is 1. The van der Waals surface area contributed by atoms with Gasteiger partial charge in [0.05, 0.1) is 12.8 Å². The largest absolute Gasteiger partial charge is 0.459 e. The van der Waals surface area contributed by atoms with Crippen molar-refractivity contribution in [3.8, 4) is 0 Å². The van der Waals surface area contributed by atoms with Gasteiger partial charge in [-0.05, 0) is 18.1 Å². The molecule has 23 heavy (non-hydrogen) atoms. The molecular weight excluding hydrogens is 298 g/mol. The third-order valence-electron chi connectivity index (χ3n) is 4.11. The fraction of sp³-hybridized carbons (Fsp3) is 0.562. The highest BCUT2D eigenvalue weighted by molar-refractivity contribution is 6.39. The molecule has 0 aromatic carbocycles. The molecule has 7 heteroatoms. The molecule has 124 valence electrons. The summed E-state index contributed by atoms with van der Waals surface area (Å²) in [5.41, 5.74) is -0.176. The molecule has 0 unspecified atom stereocenters. The summed E-state index contributed by atoms with van der Waals surface area (Å²) >= 11 is 0. The third-order valence-corrected chi connectivity index (χ3v) is 4.11. The van der Waals surface area contributed by atoms with Crippen molar-refractivity contribution in [2.75, 3.05) is 19.6 Å². The average molecular weight is 319 g/mol. The maximum absolute atomic E-state index is 12.3. The Bertz CT molecular complexity index is 623. The van der Waals surface area contributed by atoms with Crippen LogP contribution in [0.4, 0.5) is 0 Å². The van der Waals surface area contributed by atoms with E-state index in [1.807, 2.05) is 13.8 Å². The Labute approximate surface area is 134 Å². The van der Waals surface area contributed by atoms with Crippen LogP contribution in [0.1, 0.15) is 37.2 Å². The second kappa shape index (κ2) is 6.06. The maximum Gasteiger partial charge on any atom is 0.289 e. The van der Waals surface area contributed by atoms with Crippen LogP contribution in [0.5, 0.6) is 0 Å². The van der Waals surface area contributed by atoms with Crippen molar-refractivity contribution in [2.45, 2.75) is 32.3 Å². The van der Waals surface area contributed by atoms with Crippen LogP contribution in [0.15, 0.2) is 28.0 Å². The van der Waals surface area contributed by atoms with Crippen LogP contribution < -0.4 is 5.32 Å². The molecule has 3 heterocycles. The van der Waals surface area contributed by atoms with Gasteiger partial charge in [-0.25, -0.2) is 0 Å². The van der Waals surface area contributed by atoms with E-state index in [-0.39, 0.29) is 11.8 Å². The summed E-state index contributed by atoms with van der Waals surface area (Å²) in [6.07, 6.45) is 2.56. The van der Waals surface area contributed by atoms with Crippen LogP contribution >= 0.6 is 0 Å². The van der Waals surface area contributed by atoms with Crippen LogP contribution in [0.25, 0.3) is 0 Å². The molecule has 2 aliphatic heterocycles. The molecule has 0 aliphatic carbocycles. The fourth-order valence-electron chi connectivity index (χ4n) is 2.84. The Hall–Kier alpha value is -2.31. The van der Waals surface area contributed by atoms with Crippen molar-refractivity contribution in [3.63, 3.8) is 0 Å². The quantitative estimate of drug-likeness (QED) is 0.909. The van der Waals surface area contributed by atoms with E-state index in [2.05, 4.69) is 10.5 Å². The average Bonchev–Trinajstić information content (AvgIpc) is 3.26. The van der Waals surface area contributed by atoms with Gasteiger partial charge in [0.2, 0.25) is 0 Å². The summed E-state index contributed by atoms with van der Waals surface area (Å²) in [5.74, 6) is 0.346. The number of carbonyl (C=O) groups is 2. The van der Waals surface area contributed by atoms with Crippen molar-refractivity contribution < 1.29 is 18.8 Å². The number of likely N-dealkylation sites (tertiary alicyclic amines) is 1. The highest BCUT2D eigenvalue weighted by Gasteiger charge is 2.48. The number of furan rings is 1. The fourth-order valence-corrected chi connectivity index (χ4v) is 2.84. The van der Waals surface area contributed by atoms with Crippen molar-refractivity contribution >= 4 is 17.5 Å². The first-order valence-corrected chi connectivity index (χ1v) is 7.85. The minimum absolute atomic E-state index is 0.159. The lowest BCUT2D eigenvalue weighted by atomic mass is 9.96. The van der Waals surface area contributed by atoms with E-state index in [4.69, 9.17) is 9.25 Å². The summed E-state index contributed by atoms with van der Waals surface area (Å²) in [6, 6.07) is 3.33. The second-order valence-corrected chi connectivity index (χ2v) is 6.55. The summed E-state index contributed by atoms with van der Waals surface area (Å²) in [5, 5.41) is 6.79. The van der Waals surface area contributed by atoms with E-state index in [9.17, 15) is 9.59 Å². The molecule has 1 N–H and O–H groups in total. The van der Waals surface area contributed by atoms with E-state index < -0.39 is 5.60 Å². The van der Waals surface area contributed by atoms with Gasteiger partial charge in [0, 0.05) is 25.9 Å². The molecule has 2 amide bonds. The molecule has 1 aromatic rings. The molecule has 2 aliphatic rings. The van der Waals surface area contributed by atoms with Crippen molar-refractivity contribution in [2.24, 2.45) is 11.1 Å². The van der Waals surface area contributed by atoms with Crippen LogP contribution in [0, 0.1) is 5.92 Å². The first kappa shape index (κ1) is 15.6. The number of nitrogens with one attached hydrogen (secondary N) is 1. The van der Waals surface area contributed by atoms with Gasteiger partial charge < -0.3 is 19.5 Å². The molecule has 0 saturated carbocycles. The Morgan fingerprint density at radius 3 is 3.00 bits per heavy atom.